The molecule has 0 bridgehead atoms. The molecule has 10 nitrogen and oxygen atoms in total. The van der Waals surface area contributed by atoms with Crippen LogP contribution in [-0.4, -0.2) is 58.4 Å². The van der Waals surface area contributed by atoms with E-state index in [-0.39, 0.29) is 0 Å². The number of hydrogen-bond donors (Lipinski definition) is 6. The molecule has 2 aromatic carbocycles. The summed E-state index contributed by atoms with van der Waals surface area (Å²) < 4.78 is 0. The van der Waals surface area contributed by atoms with Crippen molar-refractivity contribution < 1.29 is 29.4 Å². The number of hydrogen-bond acceptors (Lipinski definition) is 6. The SMILES string of the molecule is C[C@H](NCCCCCCC(Cc1ccccc1)(Cc1ccccc1)N[C@@H](C)C(=O)NC(=O)O)C(=O)NC(=O)O. The Morgan fingerprint density at radius 2 is 1.15 bits per heavy atom. The lowest BCUT2D eigenvalue weighted by atomic mass is 9.79. The lowest BCUT2D eigenvalue weighted by molar-refractivity contribution is -0.123. The largest absolute Gasteiger partial charge is 0.465 e. The standard InChI is InChI=1S/C29H40N4O6/c1-21(25(34)31-27(36)37)30-18-12-4-3-11-17-29(19-23-13-7-5-8-14-23,20-24-15-9-6-10-16-24)33-22(2)26(35)32-28(38)39/h5-10,13-16,21-22,30,33H,3-4,11-12,17-20H2,1-2H3,(H,31,34)(H,32,35)(H,36,37)(H,38,39)/t21-,22-/m0/s1. The van der Waals surface area contributed by atoms with Crippen molar-refractivity contribution in [1.82, 2.24) is 21.3 Å². The van der Waals surface area contributed by atoms with Gasteiger partial charge in [-0.15, -0.1) is 0 Å². The van der Waals surface area contributed by atoms with Crippen molar-refractivity contribution >= 4 is 24.0 Å². The van der Waals surface area contributed by atoms with E-state index in [1.54, 1.807) is 13.8 Å². The molecule has 0 saturated carbocycles. The van der Waals surface area contributed by atoms with Gasteiger partial charge in [-0.3, -0.25) is 25.5 Å². The van der Waals surface area contributed by atoms with E-state index in [1.807, 2.05) is 47.0 Å². The van der Waals surface area contributed by atoms with Crippen molar-refractivity contribution in [2.75, 3.05) is 6.54 Å². The van der Waals surface area contributed by atoms with Crippen molar-refractivity contribution in [3.05, 3.63) is 71.8 Å². The van der Waals surface area contributed by atoms with Crippen molar-refractivity contribution in [3.63, 3.8) is 0 Å². The Kier molecular flexibility index (Phi) is 13.1. The summed E-state index contributed by atoms with van der Waals surface area (Å²) in [7, 11) is 0. The summed E-state index contributed by atoms with van der Waals surface area (Å²) in [5.74, 6) is -1.18. The summed E-state index contributed by atoms with van der Waals surface area (Å²) in [6, 6.07) is 18.7. The molecule has 0 saturated heterocycles. The molecule has 0 aliphatic carbocycles. The Morgan fingerprint density at radius 3 is 1.64 bits per heavy atom. The molecule has 0 radical (unpaired) electrons. The van der Waals surface area contributed by atoms with Crippen LogP contribution in [0.5, 0.6) is 0 Å². The maximum atomic E-state index is 12.5. The van der Waals surface area contributed by atoms with Crippen LogP contribution in [0.1, 0.15) is 57.1 Å². The molecule has 2 atom stereocenters. The molecule has 39 heavy (non-hydrogen) atoms. The van der Waals surface area contributed by atoms with Gasteiger partial charge < -0.3 is 15.5 Å². The fourth-order valence-electron chi connectivity index (χ4n) is 4.69. The number of imide groups is 2. The molecule has 0 fully saturated rings. The molecule has 0 unspecified atom stereocenters. The first-order valence-electron chi connectivity index (χ1n) is 13.3. The number of unbranched alkanes of at least 4 members (excludes halogenated alkanes) is 3. The minimum atomic E-state index is -1.38. The molecule has 4 amide bonds. The van der Waals surface area contributed by atoms with Crippen LogP contribution in [-0.2, 0) is 22.4 Å². The van der Waals surface area contributed by atoms with Gasteiger partial charge in [-0.2, -0.15) is 0 Å². The van der Waals surface area contributed by atoms with Crippen molar-refractivity contribution in [2.45, 2.75) is 76.4 Å². The molecule has 10 heteroatoms. The highest BCUT2D eigenvalue weighted by Gasteiger charge is 2.33. The van der Waals surface area contributed by atoms with Crippen LogP contribution in [0.2, 0.25) is 0 Å². The highest BCUT2D eigenvalue weighted by atomic mass is 16.4. The zero-order valence-electron chi connectivity index (χ0n) is 22.6. The van der Waals surface area contributed by atoms with E-state index in [0.717, 1.165) is 43.2 Å². The minimum absolute atomic E-state index is 0.500. The summed E-state index contributed by atoms with van der Waals surface area (Å²) in [6.45, 7) is 3.88. The summed E-state index contributed by atoms with van der Waals surface area (Å²) in [6.07, 6.45) is 2.83. The number of carbonyl (C=O) groups is 4. The average Bonchev–Trinajstić information content (AvgIpc) is 2.88. The van der Waals surface area contributed by atoms with Gasteiger partial charge in [0.1, 0.15) is 0 Å². The first-order chi connectivity index (χ1) is 18.6. The number of amides is 4. The predicted octanol–water partition coefficient (Wildman–Crippen LogP) is 3.71. The van der Waals surface area contributed by atoms with Gasteiger partial charge in [0, 0.05) is 5.54 Å². The molecular weight excluding hydrogens is 500 g/mol. The Bertz CT molecular complexity index is 1020. The van der Waals surface area contributed by atoms with E-state index >= 15 is 0 Å². The molecule has 6 N–H and O–H groups in total. The van der Waals surface area contributed by atoms with Crippen LogP contribution in [0, 0.1) is 0 Å². The Morgan fingerprint density at radius 1 is 0.692 bits per heavy atom. The smallest absolute Gasteiger partial charge is 0.411 e. The highest BCUT2D eigenvalue weighted by Crippen LogP contribution is 2.27. The lowest BCUT2D eigenvalue weighted by Crippen LogP contribution is -2.57. The molecule has 0 heterocycles. The third-order valence-electron chi connectivity index (χ3n) is 6.57. The fraction of sp³-hybridized carbons (Fsp3) is 0.448. The molecular formula is C29H40N4O6. The van der Waals surface area contributed by atoms with E-state index in [4.69, 9.17) is 10.2 Å². The number of benzene rings is 2. The molecule has 0 aliphatic heterocycles. The highest BCUT2D eigenvalue weighted by molar-refractivity contribution is 5.94. The molecule has 2 aromatic rings. The molecule has 0 aliphatic rings. The van der Waals surface area contributed by atoms with Crippen LogP contribution in [0.15, 0.2) is 60.7 Å². The zero-order chi connectivity index (χ0) is 28.7. The lowest BCUT2D eigenvalue weighted by Gasteiger charge is -2.38. The molecule has 0 aromatic heterocycles. The van der Waals surface area contributed by atoms with Gasteiger partial charge in [-0.25, -0.2) is 9.59 Å². The predicted molar refractivity (Wildman–Crippen MR) is 149 cm³/mol. The van der Waals surface area contributed by atoms with Gasteiger partial charge in [0.05, 0.1) is 12.1 Å². The van der Waals surface area contributed by atoms with Crippen LogP contribution in [0.25, 0.3) is 0 Å². The van der Waals surface area contributed by atoms with Gasteiger partial charge in [-0.1, -0.05) is 79.9 Å². The number of nitrogens with one attached hydrogen (secondary N) is 4. The van der Waals surface area contributed by atoms with Crippen LogP contribution < -0.4 is 21.3 Å². The number of carboxylic acid groups (broad SMARTS) is 2. The number of carbonyl (C=O) groups excluding carboxylic acids is 2. The maximum Gasteiger partial charge on any atom is 0.411 e. The summed E-state index contributed by atoms with van der Waals surface area (Å²) in [4.78, 5) is 45.9. The topological polar surface area (TPSA) is 157 Å². The summed E-state index contributed by atoms with van der Waals surface area (Å²) in [5.41, 5.74) is 1.73. The third-order valence-corrected chi connectivity index (χ3v) is 6.57. The third kappa shape index (κ3) is 12.1. The fourth-order valence-corrected chi connectivity index (χ4v) is 4.69. The van der Waals surface area contributed by atoms with E-state index in [2.05, 4.69) is 34.9 Å². The van der Waals surface area contributed by atoms with Crippen LogP contribution in [0.4, 0.5) is 9.59 Å². The quantitative estimate of drug-likeness (QED) is 0.176. The second-order valence-electron chi connectivity index (χ2n) is 9.90. The summed E-state index contributed by atoms with van der Waals surface area (Å²) >= 11 is 0. The minimum Gasteiger partial charge on any atom is -0.465 e. The first-order valence-corrected chi connectivity index (χ1v) is 13.3. The molecule has 2 rings (SSSR count). The summed E-state index contributed by atoms with van der Waals surface area (Å²) in [5, 5.41) is 28.0. The van der Waals surface area contributed by atoms with E-state index in [9.17, 15) is 19.2 Å². The Hall–Kier alpha value is -3.76. The second-order valence-corrected chi connectivity index (χ2v) is 9.90. The van der Waals surface area contributed by atoms with Gasteiger partial charge >= 0.3 is 12.2 Å². The van der Waals surface area contributed by atoms with Crippen molar-refractivity contribution in [1.29, 1.82) is 0 Å². The average molecular weight is 541 g/mol. The number of rotatable bonds is 16. The van der Waals surface area contributed by atoms with Gasteiger partial charge in [0.2, 0.25) is 11.8 Å². The van der Waals surface area contributed by atoms with Gasteiger partial charge in [0.15, 0.2) is 0 Å². The van der Waals surface area contributed by atoms with Crippen molar-refractivity contribution in [3.8, 4) is 0 Å². The normalized spacial score (nSPS) is 12.8. The van der Waals surface area contributed by atoms with Crippen LogP contribution >= 0.6 is 0 Å². The van der Waals surface area contributed by atoms with Gasteiger partial charge in [-0.05, 0) is 57.2 Å². The first kappa shape index (κ1) is 31.5. The second kappa shape index (κ2) is 16.3. The Balaban J connectivity index is 2.08. The van der Waals surface area contributed by atoms with Crippen molar-refractivity contribution in [2.24, 2.45) is 0 Å². The maximum absolute atomic E-state index is 12.5. The van der Waals surface area contributed by atoms with E-state index < -0.39 is 41.6 Å². The molecule has 0 spiro atoms. The van der Waals surface area contributed by atoms with Crippen LogP contribution in [0.3, 0.4) is 0 Å². The monoisotopic (exact) mass is 540 g/mol. The zero-order valence-corrected chi connectivity index (χ0v) is 22.6. The Labute approximate surface area is 229 Å². The van der Waals surface area contributed by atoms with E-state index in [1.165, 1.54) is 0 Å². The van der Waals surface area contributed by atoms with E-state index in [0.29, 0.717) is 19.4 Å². The van der Waals surface area contributed by atoms with Gasteiger partial charge in [0.25, 0.3) is 0 Å². The molecule has 212 valence electrons.